The molecule has 2 heterocycles. The van der Waals surface area contributed by atoms with Crippen molar-refractivity contribution in [2.45, 2.75) is 45.1 Å². The number of hydrogen-bond acceptors (Lipinski definition) is 2. The first kappa shape index (κ1) is 13.1. The number of fused-ring (bicyclic) bond motifs is 1. The molecule has 1 aromatic rings. The third-order valence-electron chi connectivity index (χ3n) is 4.57. The van der Waals surface area contributed by atoms with Gasteiger partial charge in [0.05, 0.1) is 0 Å². The predicted octanol–water partition coefficient (Wildman–Crippen LogP) is 2.75. The average molecular weight is 258 g/mol. The highest BCUT2D eigenvalue weighted by atomic mass is 15.1. The average Bonchev–Trinajstić information content (AvgIpc) is 2.73. The Morgan fingerprint density at radius 1 is 1.00 bits per heavy atom. The molecule has 1 N–H and O–H groups in total. The van der Waals surface area contributed by atoms with Crippen molar-refractivity contribution in [3.05, 3.63) is 34.9 Å². The molecule has 2 aliphatic heterocycles. The molecular formula is C17H26N2. The predicted molar refractivity (Wildman–Crippen MR) is 80.5 cm³/mol. The van der Waals surface area contributed by atoms with Crippen LogP contribution in [-0.2, 0) is 19.4 Å². The van der Waals surface area contributed by atoms with Gasteiger partial charge in [-0.05, 0) is 62.0 Å². The second-order valence-corrected chi connectivity index (χ2v) is 6.04. The Hall–Kier alpha value is -0.860. The van der Waals surface area contributed by atoms with Crippen LogP contribution in [0, 0.1) is 0 Å². The zero-order chi connectivity index (χ0) is 12.9. The lowest BCUT2D eigenvalue weighted by Gasteiger charge is -2.21. The molecule has 0 spiro atoms. The first-order chi connectivity index (χ1) is 9.42. The van der Waals surface area contributed by atoms with Crippen LogP contribution in [0.4, 0.5) is 0 Å². The molecule has 2 aliphatic rings. The van der Waals surface area contributed by atoms with Crippen molar-refractivity contribution in [2.75, 3.05) is 26.2 Å². The van der Waals surface area contributed by atoms with E-state index < -0.39 is 0 Å². The van der Waals surface area contributed by atoms with Gasteiger partial charge in [-0.2, -0.15) is 0 Å². The molecule has 0 radical (unpaired) electrons. The van der Waals surface area contributed by atoms with Gasteiger partial charge in [-0.25, -0.2) is 0 Å². The summed E-state index contributed by atoms with van der Waals surface area (Å²) in [5.41, 5.74) is 4.61. The minimum atomic E-state index is 1.06. The van der Waals surface area contributed by atoms with Crippen LogP contribution in [0.25, 0.3) is 0 Å². The number of benzene rings is 1. The summed E-state index contributed by atoms with van der Waals surface area (Å²) in [6, 6.07) is 7.12. The van der Waals surface area contributed by atoms with Gasteiger partial charge in [0.1, 0.15) is 0 Å². The third-order valence-corrected chi connectivity index (χ3v) is 4.57. The molecule has 0 bridgehead atoms. The Labute approximate surface area is 117 Å². The van der Waals surface area contributed by atoms with Crippen LogP contribution < -0.4 is 5.32 Å². The SMILES string of the molecule is c1cc2c(cc1CCN1CCCCCC1)CCNC2. The number of nitrogens with one attached hydrogen (secondary N) is 1. The van der Waals surface area contributed by atoms with Crippen LogP contribution in [0.1, 0.15) is 42.4 Å². The monoisotopic (exact) mass is 258 g/mol. The van der Waals surface area contributed by atoms with Gasteiger partial charge in [0.2, 0.25) is 0 Å². The Morgan fingerprint density at radius 2 is 1.84 bits per heavy atom. The van der Waals surface area contributed by atoms with E-state index in [0.717, 1.165) is 13.1 Å². The standard InChI is InChI=1S/C17H26N2/c1-2-4-11-19(10-3-1)12-8-15-5-6-17-14-18-9-7-16(17)13-15/h5-6,13,18H,1-4,7-12,14H2. The molecular weight excluding hydrogens is 232 g/mol. The largest absolute Gasteiger partial charge is 0.312 e. The topological polar surface area (TPSA) is 15.3 Å². The molecule has 0 amide bonds. The van der Waals surface area contributed by atoms with E-state index in [0.29, 0.717) is 0 Å². The summed E-state index contributed by atoms with van der Waals surface area (Å²) in [6.07, 6.45) is 8.09. The Balaban J connectivity index is 1.57. The van der Waals surface area contributed by atoms with Crippen molar-refractivity contribution in [1.29, 1.82) is 0 Å². The maximum Gasteiger partial charge on any atom is 0.0208 e. The third kappa shape index (κ3) is 3.58. The summed E-state index contributed by atoms with van der Waals surface area (Å²) >= 11 is 0. The highest BCUT2D eigenvalue weighted by molar-refractivity contribution is 5.33. The van der Waals surface area contributed by atoms with Gasteiger partial charge in [0.15, 0.2) is 0 Å². The van der Waals surface area contributed by atoms with Crippen LogP contribution in [-0.4, -0.2) is 31.1 Å². The maximum atomic E-state index is 3.44. The van der Waals surface area contributed by atoms with Crippen molar-refractivity contribution in [1.82, 2.24) is 10.2 Å². The molecule has 0 aliphatic carbocycles. The summed E-state index contributed by atoms with van der Waals surface area (Å²) in [7, 11) is 0. The van der Waals surface area contributed by atoms with Crippen LogP contribution in [0.2, 0.25) is 0 Å². The lowest BCUT2D eigenvalue weighted by Crippen LogP contribution is -2.27. The summed E-state index contributed by atoms with van der Waals surface area (Å²) < 4.78 is 0. The fraction of sp³-hybridized carbons (Fsp3) is 0.647. The second kappa shape index (κ2) is 6.53. The van der Waals surface area contributed by atoms with Crippen LogP contribution in [0.5, 0.6) is 0 Å². The molecule has 104 valence electrons. The molecule has 3 rings (SSSR count). The van der Waals surface area contributed by atoms with Crippen LogP contribution >= 0.6 is 0 Å². The van der Waals surface area contributed by atoms with E-state index in [4.69, 9.17) is 0 Å². The summed E-state index contributed by atoms with van der Waals surface area (Å²) in [4.78, 5) is 2.66. The summed E-state index contributed by atoms with van der Waals surface area (Å²) in [5, 5.41) is 3.44. The van der Waals surface area contributed by atoms with E-state index in [9.17, 15) is 0 Å². The lowest BCUT2D eigenvalue weighted by atomic mass is 9.97. The quantitative estimate of drug-likeness (QED) is 0.897. The zero-order valence-electron chi connectivity index (χ0n) is 12.0. The lowest BCUT2D eigenvalue weighted by molar-refractivity contribution is 0.289. The van der Waals surface area contributed by atoms with Gasteiger partial charge in [0, 0.05) is 13.1 Å². The minimum Gasteiger partial charge on any atom is -0.312 e. The highest BCUT2D eigenvalue weighted by Gasteiger charge is 2.11. The van der Waals surface area contributed by atoms with E-state index in [1.165, 1.54) is 69.3 Å². The Morgan fingerprint density at radius 3 is 2.68 bits per heavy atom. The van der Waals surface area contributed by atoms with Crippen molar-refractivity contribution >= 4 is 0 Å². The van der Waals surface area contributed by atoms with Gasteiger partial charge in [-0.3, -0.25) is 0 Å². The molecule has 0 saturated carbocycles. The van der Waals surface area contributed by atoms with E-state index in [1.54, 1.807) is 5.56 Å². The number of rotatable bonds is 3. The first-order valence-electron chi connectivity index (χ1n) is 7.95. The van der Waals surface area contributed by atoms with Crippen molar-refractivity contribution < 1.29 is 0 Å². The summed E-state index contributed by atoms with van der Waals surface area (Å²) in [5.74, 6) is 0. The van der Waals surface area contributed by atoms with Crippen LogP contribution in [0.15, 0.2) is 18.2 Å². The van der Waals surface area contributed by atoms with E-state index in [1.807, 2.05) is 0 Å². The number of likely N-dealkylation sites (tertiary alicyclic amines) is 1. The second-order valence-electron chi connectivity index (χ2n) is 6.04. The number of nitrogens with zero attached hydrogens (tertiary/aromatic N) is 1. The van der Waals surface area contributed by atoms with Gasteiger partial charge in [-0.15, -0.1) is 0 Å². The molecule has 1 saturated heterocycles. The highest BCUT2D eigenvalue weighted by Crippen LogP contribution is 2.17. The Kier molecular flexibility index (Phi) is 4.52. The van der Waals surface area contributed by atoms with E-state index >= 15 is 0 Å². The molecule has 2 nitrogen and oxygen atoms in total. The van der Waals surface area contributed by atoms with E-state index in [2.05, 4.69) is 28.4 Å². The van der Waals surface area contributed by atoms with Gasteiger partial charge < -0.3 is 10.2 Å². The molecule has 0 atom stereocenters. The maximum absolute atomic E-state index is 3.44. The van der Waals surface area contributed by atoms with Gasteiger partial charge in [0.25, 0.3) is 0 Å². The fourth-order valence-electron chi connectivity index (χ4n) is 3.33. The minimum absolute atomic E-state index is 1.06. The smallest absolute Gasteiger partial charge is 0.0208 e. The van der Waals surface area contributed by atoms with Gasteiger partial charge in [-0.1, -0.05) is 31.0 Å². The molecule has 2 heteroatoms. The molecule has 1 aromatic carbocycles. The fourth-order valence-corrected chi connectivity index (χ4v) is 3.33. The first-order valence-corrected chi connectivity index (χ1v) is 7.95. The summed E-state index contributed by atoms with van der Waals surface area (Å²) in [6.45, 7) is 6.07. The van der Waals surface area contributed by atoms with Crippen LogP contribution in [0.3, 0.4) is 0 Å². The number of hydrogen-bond donors (Lipinski definition) is 1. The van der Waals surface area contributed by atoms with Crippen molar-refractivity contribution in [2.24, 2.45) is 0 Å². The van der Waals surface area contributed by atoms with Gasteiger partial charge >= 0.3 is 0 Å². The molecule has 19 heavy (non-hydrogen) atoms. The normalized spacial score (nSPS) is 20.8. The van der Waals surface area contributed by atoms with E-state index in [-0.39, 0.29) is 0 Å². The van der Waals surface area contributed by atoms with Crippen molar-refractivity contribution in [3.8, 4) is 0 Å². The molecule has 1 fully saturated rings. The zero-order valence-corrected chi connectivity index (χ0v) is 12.0. The Bertz CT molecular complexity index is 406. The molecule has 0 unspecified atom stereocenters. The van der Waals surface area contributed by atoms with Crippen molar-refractivity contribution in [3.63, 3.8) is 0 Å². The molecule has 0 aromatic heterocycles.